The van der Waals surface area contributed by atoms with Crippen LogP contribution in [0.25, 0.3) is 11.3 Å². The highest BCUT2D eigenvalue weighted by molar-refractivity contribution is 6.09. The van der Waals surface area contributed by atoms with Crippen molar-refractivity contribution < 1.29 is 33.7 Å². The first kappa shape index (κ1) is 41.2. The molecule has 5 aromatic rings. The van der Waals surface area contributed by atoms with Crippen LogP contribution in [0, 0.1) is 0 Å². The number of amides is 3. The average molecular weight is 839 g/mol. The number of likely N-dealkylation sites (N-methyl/N-ethyl adjacent to an activating group) is 1. The van der Waals surface area contributed by atoms with Crippen molar-refractivity contribution in [1.29, 1.82) is 0 Å². The molecule has 322 valence electrons. The fraction of sp³-hybridized carbons (Fsp3) is 0.367. The van der Waals surface area contributed by atoms with Crippen molar-refractivity contribution in [1.82, 2.24) is 24.6 Å². The lowest BCUT2D eigenvalue weighted by Crippen LogP contribution is -2.52. The van der Waals surface area contributed by atoms with Gasteiger partial charge in [0, 0.05) is 80.1 Å². The van der Waals surface area contributed by atoms with E-state index < -0.39 is 0 Å². The second kappa shape index (κ2) is 18.1. The normalized spacial score (nSPS) is 17.1. The number of phenols is 1. The largest absolute Gasteiger partial charge is 0.508 e. The van der Waals surface area contributed by atoms with Gasteiger partial charge in [0.2, 0.25) is 6.79 Å². The van der Waals surface area contributed by atoms with Crippen molar-refractivity contribution in [3.05, 3.63) is 130 Å². The molecule has 0 bridgehead atoms. The number of benzene rings is 4. The van der Waals surface area contributed by atoms with Crippen LogP contribution in [0.15, 0.2) is 91.0 Å². The van der Waals surface area contributed by atoms with Crippen molar-refractivity contribution >= 4 is 23.4 Å². The van der Waals surface area contributed by atoms with Crippen LogP contribution in [0.1, 0.15) is 66.3 Å². The highest BCUT2D eigenvalue weighted by atomic mass is 16.7. The second-order valence-electron chi connectivity index (χ2n) is 16.9. The molecule has 0 saturated carbocycles. The molecule has 13 heteroatoms. The molecule has 9 rings (SSSR count). The Kier molecular flexibility index (Phi) is 12.0. The first-order valence-electron chi connectivity index (χ1n) is 21.7. The monoisotopic (exact) mass is 838 g/mol. The molecule has 0 spiro atoms. The first-order chi connectivity index (χ1) is 30.2. The van der Waals surface area contributed by atoms with Gasteiger partial charge in [-0.1, -0.05) is 36.4 Å². The van der Waals surface area contributed by atoms with Crippen molar-refractivity contribution in [2.45, 2.75) is 51.4 Å². The molecule has 0 unspecified atom stereocenters. The molecular weight excluding hydrogens is 785 g/mol. The zero-order valence-corrected chi connectivity index (χ0v) is 35.5. The Hall–Kier alpha value is -6.15. The summed E-state index contributed by atoms with van der Waals surface area (Å²) in [6, 6.07) is 27.9. The first-order valence-corrected chi connectivity index (χ1v) is 21.7. The van der Waals surface area contributed by atoms with Crippen LogP contribution >= 0.6 is 0 Å². The predicted octanol–water partition coefficient (Wildman–Crippen LogP) is 5.96. The SMILES string of the molecule is CN(C)CCNC(=O)c1ccc(CN(C(=O)c2cc(-c3cc4c(cc3C(=O)N3Cc5ccccc5C[C@H]3CN3CCOCC3)OCO4)n3c2CCCC3)c2ccc(O)cc2)cc1. The van der Waals surface area contributed by atoms with Gasteiger partial charge in [0.15, 0.2) is 11.5 Å². The number of morpholine rings is 1. The summed E-state index contributed by atoms with van der Waals surface area (Å²) in [7, 11) is 3.92. The lowest BCUT2D eigenvalue weighted by Gasteiger charge is -2.40. The van der Waals surface area contributed by atoms with Gasteiger partial charge in [0.1, 0.15) is 5.75 Å². The number of anilines is 1. The molecule has 4 aliphatic heterocycles. The molecule has 1 atom stereocenters. The van der Waals surface area contributed by atoms with E-state index in [-0.39, 0.29) is 42.9 Å². The van der Waals surface area contributed by atoms with Crippen molar-refractivity contribution in [3.8, 4) is 28.5 Å². The van der Waals surface area contributed by atoms with Gasteiger partial charge in [0.25, 0.3) is 17.7 Å². The minimum Gasteiger partial charge on any atom is -0.508 e. The summed E-state index contributed by atoms with van der Waals surface area (Å²) in [5, 5.41) is 13.2. The van der Waals surface area contributed by atoms with Crippen LogP contribution in [-0.2, 0) is 37.2 Å². The summed E-state index contributed by atoms with van der Waals surface area (Å²) in [4.78, 5) is 51.4. The van der Waals surface area contributed by atoms with E-state index in [1.165, 1.54) is 5.56 Å². The number of carbonyl (C=O) groups is 3. The number of aromatic hydroxyl groups is 1. The highest BCUT2D eigenvalue weighted by Gasteiger charge is 2.36. The Bertz CT molecular complexity index is 2440. The molecule has 0 radical (unpaired) electrons. The summed E-state index contributed by atoms with van der Waals surface area (Å²) in [6.07, 6.45) is 3.29. The Morgan fingerprint density at radius 2 is 1.58 bits per heavy atom. The number of carbonyl (C=O) groups excluding carboxylic acids is 3. The summed E-state index contributed by atoms with van der Waals surface area (Å²) >= 11 is 0. The van der Waals surface area contributed by atoms with Gasteiger partial charge >= 0.3 is 0 Å². The third kappa shape index (κ3) is 8.65. The van der Waals surface area contributed by atoms with Gasteiger partial charge in [-0.05, 0) is 111 Å². The van der Waals surface area contributed by atoms with Gasteiger partial charge < -0.3 is 43.9 Å². The fourth-order valence-electron chi connectivity index (χ4n) is 9.14. The number of aromatic nitrogens is 1. The van der Waals surface area contributed by atoms with Gasteiger partial charge in [-0.2, -0.15) is 0 Å². The van der Waals surface area contributed by atoms with E-state index in [0.717, 1.165) is 68.0 Å². The molecule has 3 amide bonds. The van der Waals surface area contributed by atoms with Crippen LogP contribution in [0.3, 0.4) is 0 Å². The summed E-state index contributed by atoms with van der Waals surface area (Å²) < 4.78 is 19.7. The third-order valence-corrected chi connectivity index (χ3v) is 12.5. The maximum atomic E-state index is 15.3. The minimum atomic E-state index is -0.204. The van der Waals surface area contributed by atoms with Crippen LogP contribution in [0.4, 0.5) is 5.69 Å². The molecule has 13 nitrogen and oxygen atoms in total. The topological polar surface area (TPSA) is 129 Å². The number of nitrogens with zero attached hydrogens (tertiary/aromatic N) is 5. The number of rotatable bonds is 12. The molecule has 62 heavy (non-hydrogen) atoms. The van der Waals surface area contributed by atoms with E-state index in [4.69, 9.17) is 14.2 Å². The molecular formula is C49H54N6O7. The summed E-state index contributed by atoms with van der Waals surface area (Å²) in [5.41, 5.74) is 7.85. The smallest absolute Gasteiger partial charge is 0.260 e. The summed E-state index contributed by atoms with van der Waals surface area (Å²) in [6.45, 7) is 6.46. The number of nitrogens with one attached hydrogen (secondary N) is 1. The van der Waals surface area contributed by atoms with E-state index >= 15 is 9.59 Å². The zero-order chi connectivity index (χ0) is 42.7. The molecule has 4 aliphatic rings. The lowest BCUT2D eigenvalue weighted by molar-refractivity contribution is 0.0193. The zero-order valence-electron chi connectivity index (χ0n) is 35.5. The number of hydrogen-bond donors (Lipinski definition) is 2. The van der Waals surface area contributed by atoms with Crippen LogP contribution in [-0.4, -0.2) is 115 Å². The van der Waals surface area contributed by atoms with Crippen molar-refractivity contribution in [2.24, 2.45) is 0 Å². The lowest BCUT2D eigenvalue weighted by atomic mass is 9.92. The van der Waals surface area contributed by atoms with Crippen molar-refractivity contribution in [3.63, 3.8) is 0 Å². The van der Waals surface area contributed by atoms with E-state index in [0.29, 0.717) is 78.7 Å². The predicted molar refractivity (Wildman–Crippen MR) is 236 cm³/mol. The maximum Gasteiger partial charge on any atom is 0.260 e. The highest BCUT2D eigenvalue weighted by Crippen LogP contribution is 2.42. The molecule has 2 N–H and O–H groups in total. The van der Waals surface area contributed by atoms with Gasteiger partial charge in [-0.15, -0.1) is 0 Å². The van der Waals surface area contributed by atoms with E-state index in [2.05, 4.69) is 33.0 Å². The summed E-state index contributed by atoms with van der Waals surface area (Å²) in [5.74, 6) is 0.730. The molecule has 1 saturated heterocycles. The average Bonchev–Trinajstić information content (AvgIpc) is 3.92. The number of hydrogen-bond acceptors (Lipinski definition) is 9. The molecule has 1 aromatic heterocycles. The molecule has 1 fully saturated rings. The Morgan fingerprint density at radius 1 is 0.839 bits per heavy atom. The fourth-order valence-corrected chi connectivity index (χ4v) is 9.14. The quantitative estimate of drug-likeness (QED) is 0.156. The third-order valence-electron chi connectivity index (χ3n) is 12.5. The van der Waals surface area contributed by atoms with Crippen LogP contribution < -0.4 is 19.7 Å². The minimum absolute atomic E-state index is 0.0578. The van der Waals surface area contributed by atoms with Crippen molar-refractivity contribution in [2.75, 3.05) is 71.7 Å². The second-order valence-corrected chi connectivity index (χ2v) is 16.9. The van der Waals surface area contributed by atoms with Gasteiger partial charge in [-0.3, -0.25) is 19.3 Å². The standard InChI is InChI=1S/C49H54N6O7/c1-51(2)20-18-50-47(57)34-12-10-33(11-13-34)29-54(37-14-16-39(56)17-15-37)49(59)42-26-44(53-19-6-5-9-43(42)53)40-27-45-46(62-32-61-45)28-41(40)48(58)55-30-36-8-4-3-7-35(36)25-38(55)31-52-21-23-60-24-22-52/h3-4,7-8,10-17,26-28,38,56H,5-6,9,18-25,29-32H2,1-2H3,(H,50,57)/t38-/m0/s1. The van der Waals surface area contributed by atoms with Gasteiger partial charge in [-0.25, -0.2) is 0 Å². The van der Waals surface area contributed by atoms with Crippen LogP contribution in [0.2, 0.25) is 0 Å². The Labute approximate surface area is 362 Å². The molecule has 0 aliphatic carbocycles. The molecule has 5 heterocycles. The molecule has 4 aromatic carbocycles. The Balaban J connectivity index is 1.08. The number of phenolic OH excluding ortho intramolecular Hbond substituents is 1. The van der Waals surface area contributed by atoms with E-state index in [1.54, 1.807) is 41.3 Å². The van der Waals surface area contributed by atoms with Crippen LogP contribution in [0.5, 0.6) is 17.2 Å². The number of fused-ring (bicyclic) bond motifs is 3. The van der Waals surface area contributed by atoms with E-state index in [9.17, 15) is 9.90 Å². The van der Waals surface area contributed by atoms with Gasteiger partial charge in [0.05, 0.1) is 30.9 Å². The number of ether oxygens (including phenoxy) is 3. The Morgan fingerprint density at radius 3 is 2.34 bits per heavy atom. The maximum absolute atomic E-state index is 15.3. The van der Waals surface area contributed by atoms with E-state index in [1.807, 2.05) is 60.3 Å².